The van der Waals surface area contributed by atoms with E-state index in [-0.39, 0.29) is 17.7 Å². The maximum absolute atomic E-state index is 11.9. The third kappa shape index (κ3) is 6.38. The van der Waals surface area contributed by atoms with Gasteiger partial charge in [0.25, 0.3) is 11.9 Å². The smallest absolute Gasteiger partial charge is 0.294 e. The Hall–Kier alpha value is -1.82. The summed E-state index contributed by atoms with van der Waals surface area (Å²) in [7, 11) is 3.93. The van der Waals surface area contributed by atoms with Crippen LogP contribution in [-0.4, -0.2) is 50.6 Å². The highest BCUT2D eigenvalue weighted by atomic mass is 16.5. The molecule has 1 amide bonds. The van der Waals surface area contributed by atoms with Crippen LogP contribution in [0.15, 0.2) is 27.8 Å². The van der Waals surface area contributed by atoms with Crippen LogP contribution in [0.4, 0.5) is 0 Å². The number of furan rings is 1. The number of nitrogens with one attached hydrogen (secondary N) is 1. The molecule has 0 aromatic carbocycles. The Kier molecular flexibility index (Phi) is 6.79. The summed E-state index contributed by atoms with van der Waals surface area (Å²) < 4.78 is 10.5. The molecule has 1 rings (SSSR count). The summed E-state index contributed by atoms with van der Waals surface area (Å²) in [6.45, 7) is 5.90. The molecule has 0 radical (unpaired) electrons. The van der Waals surface area contributed by atoms with Crippen molar-refractivity contribution in [2.45, 2.75) is 13.8 Å². The van der Waals surface area contributed by atoms with Gasteiger partial charge in [0.15, 0.2) is 5.76 Å². The van der Waals surface area contributed by atoms with Crippen LogP contribution in [-0.2, 0) is 4.74 Å². The minimum Gasteiger partial charge on any atom is -0.465 e. The topological polar surface area (TPSA) is 67.1 Å². The van der Waals surface area contributed by atoms with Gasteiger partial charge in [-0.25, -0.2) is 4.99 Å². The van der Waals surface area contributed by atoms with Crippen LogP contribution in [0.5, 0.6) is 0 Å². The summed E-state index contributed by atoms with van der Waals surface area (Å²) in [5.74, 6) is 0.232. The highest BCUT2D eigenvalue weighted by Gasteiger charge is 2.12. The second-order valence-corrected chi connectivity index (χ2v) is 5.13. The van der Waals surface area contributed by atoms with Crippen LogP contribution in [0.2, 0.25) is 0 Å². The number of hydrogen-bond donors (Lipinski definition) is 1. The quantitative estimate of drug-likeness (QED) is 0.635. The lowest BCUT2D eigenvalue weighted by molar-refractivity contribution is 0.0936. The Balaban J connectivity index is 2.59. The number of hydrogen-bond acceptors (Lipinski definition) is 5. The van der Waals surface area contributed by atoms with Crippen LogP contribution in [0.25, 0.3) is 0 Å². The highest BCUT2D eigenvalue weighted by Crippen LogP contribution is 2.00. The van der Waals surface area contributed by atoms with Crippen molar-refractivity contribution in [1.82, 2.24) is 10.2 Å². The van der Waals surface area contributed by atoms with Crippen LogP contribution < -0.4 is 5.32 Å². The second-order valence-electron chi connectivity index (χ2n) is 5.13. The average molecular weight is 281 g/mol. The number of carbonyl (C=O) groups excluding carboxylic acids is 1. The van der Waals surface area contributed by atoms with Gasteiger partial charge in [-0.15, -0.1) is 0 Å². The second kappa shape index (κ2) is 8.37. The molecule has 112 valence electrons. The van der Waals surface area contributed by atoms with Gasteiger partial charge in [0.05, 0.1) is 19.4 Å². The number of ether oxygens (including phenoxy) is 1. The third-order valence-corrected chi connectivity index (χ3v) is 2.32. The fraction of sp³-hybridized carbons (Fsp3) is 0.571. The number of nitrogens with zero attached hydrogens (tertiary/aromatic N) is 2. The Morgan fingerprint density at radius 1 is 1.50 bits per heavy atom. The van der Waals surface area contributed by atoms with Gasteiger partial charge in [-0.2, -0.15) is 0 Å². The predicted molar refractivity (Wildman–Crippen MR) is 77.8 cm³/mol. The van der Waals surface area contributed by atoms with Crippen LogP contribution >= 0.6 is 0 Å². The Morgan fingerprint density at radius 2 is 2.25 bits per heavy atom. The average Bonchev–Trinajstić information content (AvgIpc) is 2.88. The molecule has 0 aliphatic heterocycles. The minimum atomic E-state index is -0.359. The zero-order valence-corrected chi connectivity index (χ0v) is 12.5. The molecule has 0 aliphatic rings. The van der Waals surface area contributed by atoms with E-state index < -0.39 is 0 Å². The van der Waals surface area contributed by atoms with Crippen molar-refractivity contribution in [3.63, 3.8) is 0 Å². The van der Waals surface area contributed by atoms with E-state index in [4.69, 9.17) is 9.15 Å². The molecular formula is C14H23N3O3. The van der Waals surface area contributed by atoms with E-state index in [0.717, 1.165) is 6.54 Å². The molecule has 0 aliphatic carbocycles. The molecular weight excluding hydrogens is 258 g/mol. The number of amides is 1. The number of rotatable bonds is 6. The van der Waals surface area contributed by atoms with Crippen molar-refractivity contribution in [1.29, 1.82) is 0 Å². The van der Waals surface area contributed by atoms with E-state index in [9.17, 15) is 4.79 Å². The van der Waals surface area contributed by atoms with E-state index in [1.165, 1.54) is 6.26 Å². The SMILES string of the molecule is CC(C)COC(=NCCN(C)C)NC(=O)c1ccco1. The summed E-state index contributed by atoms with van der Waals surface area (Å²) in [4.78, 5) is 18.2. The fourth-order valence-electron chi connectivity index (χ4n) is 1.28. The summed E-state index contributed by atoms with van der Waals surface area (Å²) in [5.41, 5.74) is 0. The van der Waals surface area contributed by atoms with E-state index >= 15 is 0 Å². The molecule has 0 bridgehead atoms. The van der Waals surface area contributed by atoms with Crippen LogP contribution in [0, 0.1) is 5.92 Å². The van der Waals surface area contributed by atoms with E-state index in [0.29, 0.717) is 19.1 Å². The molecule has 6 heteroatoms. The van der Waals surface area contributed by atoms with Gasteiger partial charge in [0.1, 0.15) is 0 Å². The molecule has 1 aromatic heterocycles. The van der Waals surface area contributed by atoms with Gasteiger partial charge in [0, 0.05) is 6.54 Å². The minimum absolute atomic E-state index is 0.235. The van der Waals surface area contributed by atoms with Crippen LogP contribution in [0.3, 0.4) is 0 Å². The number of aliphatic imine (C=N–C) groups is 1. The molecule has 0 unspecified atom stereocenters. The molecule has 20 heavy (non-hydrogen) atoms. The monoisotopic (exact) mass is 281 g/mol. The number of likely N-dealkylation sites (N-methyl/N-ethyl adjacent to an activating group) is 1. The number of carbonyl (C=O) groups is 1. The van der Waals surface area contributed by atoms with E-state index in [1.807, 2.05) is 32.8 Å². The van der Waals surface area contributed by atoms with Gasteiger partial charge in [-0.3, -0.25) is 10.1 Å². The number of amidine groups is 1. The van der Waals surface area contributed by atoms with Crippen molar-refractivity contribution in [2.24, 2.45) is 10.9 Å². The molecule has 1 heterocycles. The van der Waals surface area contributed by atoms with Crippen molar-refractivity contribution < 1.29 is 13.9 Å². The summed E-state index contributed by atoms with van der Waals surface area (Å²) in [5, 5.41) is 2.63. The highest BCUT2D eigenvalue weighted by molar-refractivity contribution is 6.02. The lowest BCUT2D eigenvalue weighted by Crippen LogP contribution is -2.34. The van der Waals surface area contributed by atoms with Crippen molar-refractivity contribution in [3.05, 3.63) is 24.2 Å². The van der Waals surface area contributed by atoms with Gasteiger partial charge >= 0.3 is 0 Å². The largest absolute Gasteiger partial charge is 0.465 e. The molecule has 0 saturated carbocycles. The molecule has 0 fully saturated rings. The van der Waals surface area contributed by atoms with Crippen molar-refractivity contribution in [2.75, 3.05) is 33.8 Å². The maximum atomic E-state index is 11.9. The molecule has 6 nitrogen and oxygen atoms in total. The lowest BCUT2D eigenvalue weighted by atomic mass is 10.2. The normalized spacial score (nSPS) is 12.0. The van der Waals surface area contributed by atoms with Crippen molar-refractivity contribution >= 4 is 11.9 Å². The first-order chi connectivity index (χ1) is 9.49. The van der Waals surface area contributed by atoms with Crippen LogP contribution in [0.1, 0.15) is 24.4 Å². The fourth-order valence-corrected chi connectivity index (χ4v) is 1.28. The van der Waals surface area contributed by atoms with Gasteiger partial charge in [-0.1, -0.05) is 13.8 Å². The first-order valence-electron chi connectivity index (χ1n) is 6.66. The van der Waals surface area contributed by atoms with E-state index in [2.05, 4.69) is 10.3 Å². The predicted octanol–water partition coefficient (Wildman–Crippen LogP) is 1.60. The molecule has 0 saturated heterocycles. The standard InChI is InChI=1S/C14H23N3O3/c1-11(2)10-20-14(15-7-8-17(3)4)16-13(18)12-6-5-9-19-12/h5-6,9,11H,7-8,10H2,1-4H3,(H,15,16,18). The van der Waals surface area contributed by atoms with Gasteiger partial charge in [0.2, 0.25) is 0 Å². The summed E-state index contributed by atoms with van der Waals surface area (Å²) in [6.07, 6.45) is 1.45. The summed E-state index contributed by atoms with van der Waals surface area (Å²) >= 11 is 0. The Labute approximate surface area is 119 Å². The van der Waals surface area contributed by atoms with Crippen molar-refractivity contribution in [3.8, 4) is 0 Å². The first kappa shape index (κ1) is 16.2. The first-order valence-corrected chi connectivity index (χ1v) is 6.66. The zero-order chi connectivity index (χ0) is 15.0. The maximum Gasteiger partial charge on any atom is 0.294 e. The molecule has 0 spiro atoms. The van der Waals surface area contributed by atoms with Gasteiger partial charge in [-0.05, 0) is 32.1 Å². The Bertz CT molecular complexity index is 425. The van der Waals surface area contributed by atoms with Gasteiger partial charge < -0.3 is 14.1 Å². The molecule has 0 atom stereocenters. The third-order valence-electron chi connectivity index (χ3n) is 2.32. The van der Waals surface area contributed by atoms with E-state index in [1.54, 1.807) is 12.1 Å². The Morgan fingerprint density at radius 3 is 2.80 bits per heavy atom. The molecule has 1 aromatic rings. The zero-order valence-electron chi connectivity index (χ0n) is 12.5. The summed E-state index contributed by atoms with van der Waals surface area (Å²) in [6, 6.07) is 3.49. The lowest BCUT2D eigenvalue weighted by Gasteiger charge is -2.12. The molecule has 1 N–H and O–H groups in total.